The molecule has 1 atom stereocenters. The number of hydrogen-bond acceptors (Lipinski definition) is 7. The number of hydrogen-bond donors (Lipinski definition) is 0. The van der Waals surface area contributed by atoms with Crippen LogP contribution in [0.15, 0.2) is 33.8 Å². The third-order valence-electron chi connectivity index (χ3n) is 5.63. The molecule has 1 aliphatic rings. The van der Waals surface area contributed by atoms with Crippen LogP contribution >= 0.6 is 0 Å². The van der Waals surface area contributed by atoms with Crippen LogP contribution in [0.25, 0.3) is 28.1 Å². The van der Waals surface area contributed by atoms with Gasteiger partial charge < -0.3 is 18.6 Å². The van der Waals surface area contributed by atoms with Crippen molar-refractivity contribution in [2.24, 2.45) is 0 Å². The highest BCUT2D eigenvalue weighted by Crippen LogP contribution is 2.38. The van der Waals surface area contributed by atoms with Crippen molar-refractivity contribution in [2.75, 3.05) is 13.7 Å². The fourth-order valence-corrected chi connectivity index (χ4v) is 4.11. The summed E-state index contributed by atoms with van der Waals surface area (Å²) in [6.07, 6.45) is 2.83. The minimum Gasteiger partial charge on any atom is -0.383 e. The van der Waals surface area contributed by atoms with Crippen LogP contribution in [0.4, 0.5) is 4.39 Å². The molecule has 1 aliphatic heterocycles. The zero-order valence-corrected chi connectivity index (χ0v) is 17.5. The summed E-state index contributed by atoms with van der Waals surface area (Å²) in [6, 6.07) is 4.65. The van der Waals surface area contributed by atoms with Crippen molar-refractivity contribution in [3.05, 3.63) is 46.6 Å². The topological polar surface area (TPSA) is 96.7 Å². The van der Waals surface area contributed by atoms with E-state index in [-0.39, 0.29) is 47.4 Å². The van der Waals surface area contributed by atoms with Gasteiger partial charge in [0.2, 0.25) is 5.82 Å². The average Bonchev–Trinajstić information content (AvgIpc) is 3.45. The largest absolute Gasteiger partial charge is 0.383 e. The number of benzene rings is 1. The van der Waals surface area contributed by atoms with Crippen molar-refractivity contribution in [1.82, 2.24) is 24.1 Å². The molecule has 4 heterocycles. The van der Waals surface area contributed by atoms with Crippen LogP contribution in [0.1, 0.15) is 38.7 Å². The Morgan fingerprint density at radius 3 is 2.90 bits per heavy atom. The Labute approximate surface area is 176 Å². The summed E-state index contributed by atoms with van der Waals surface area (Å²) >= 11 is 0. The zero-order valence-electron chi connectivity index (χ0n) is 17.5. The first kappa shape index (κ1) is 19.8. The molecule has 1 aromatic carbocycles. The van der Waals surface area contributed by atoms with E-state index < -0.39 is 11.4 Å². The van der Waals surface area contributed by atoms with Gasteiger partial charge in [0.25, 0.3) is 11.4 Å². The molecule has 0 saturated carbocycles. The van der Waals surface area contributed by atoms with E-state index in [9.17, 15) is 9.18 Å². The molecule has 0 spiro atoms. The molecule has 1 fully saturated rings. The molecule has 3 aromatic heterocycles. The fourth-order valence-electron chi connectivity index (χ4n) is 4.11. The predicted molar refractivity (Wildman–Crippen MR) is 109 cm³/mol. The Bertz CT molecular complexity index is 1340. The van der Waals surface area contributed by atoms with E-state index in [0.29, 0.717) is 11.4 Å². The molecule has 4 aromatic rings. The second-order valence-electron chi connectivity index (χ2n) is 8.23. The predicted octanol–water partition coefficient (Wildman–Crippen LogP) is 3.11. The van der Waals surface area contributed by atoms with Crippen LogP contribution in [0.5, 0.6) is 0 Å². The lowest BCUT2D eigenvalue weighted by Gasteiger charge is -2.17. The number of methoxy groups -OCH3 is 1. The van der Waals surface area contributed by atoms with Gasteiger partial charge in [0, 0.05) is 13.7 Å². The summed E-state index contributed by atoms with van der Waals surface area (Å²) in [5, 5.41) is 4.04. The van der Waals surface area contributed by atoms with Crippen LogP contribution in [-0.4, -0.2) is 43.4 Å². The van der Waals surface area contributed by atoms with E-state index in [2.05, 4.69) is 15.1 Å². The Balaban J connectivity index is 1.67. The molecule has 0 amide bonds. The molecular weight excluding hydrogens is 405 g/mol. The molecule has 0 aliphatic carbocycles. The number of ether oxygens (including phenoxy) is 2. The van der Waals surface area contributed by atoms with E-state index in [1.807, 2.05) is 13.8 Å². The number of imidazole rings is 1. The maximum absolute atomic E-state index is 14.7. The van der Waals surface area contributed by atoms with Gasteiger partial charge in [-0.05, 0) is 38.8 Å². The molecule has 0 bridgehead atoms. The number of fused-ring (bicyclic) bond motifs is 3. The molecule has 1 unspecified atom stereocenters. The zero-order chi connectivity index (χ0) is 21.8. The van der Waals surface area contributed by atoms with E-state index in [1.54, 1.807) is 16.5 Å². The fraction of sp³-hybridized carbons (Fsp3) is 0.429. The first-order valence-corrected chi connectivity index (χ1v) is 10.1. The molecule has 0 N–H and O–H groups in total. The van der Waals surface area contributed by atoms with Crippen LogP contribution in [0.3, 0.4) is 0 Å². The summed E-state index contributed by atoms with van der Waals surface area (Å²) in [4.78, 5) is 22.2. The maximum Gasteiger partial charge on any atom is 0.277 e. The van der Waals surface area contributed by atoms with Crippen molar-refractivity contribution in [1.29, 1.82) is 0 Å². The minimum atomic E-state index is -0.495. The van der Waals surface area contributed by atoms with Crippen molar-refractivity contribution in [2.45, 2.75) is 44.9 Å². The van der Waals surface area contributed by atoms with Gasteiger partial charge in [0.15, 0.2) is 0 Å². The highest BCUT2D eigenvalue weighted by molar-refractivity contribution is 5.83. The standard InChI is InChI=1S/C21H22FN5O4/c1-21(2)8-7-14(30-21)19-24-18(25-31-19)15-17-20(28)26(9-10-29-3)16-12(22)5-4-6-13(16)27(17)11-23-15/h4-6,11,14H,7-10H2,1-3H3. The van der Waals surface area contributed by atoms with Gasteiger partial charge in [0.05, 0.1) is 17.7 Å². The normalized spacial score (nSPS) is 18.4. The Kier molecular flexibility index (Phi) is 4.63. The Morgan fingerprint density at radius 1 is 1.32 bits per heavy atom. The number of nitrogens with zero attached hydrogens (tertiary/aromatic N) is 5. The average molecular weight is 427 g/mol. The second-order valence-corrected chi connectivity index (χ2v) is 8.23. The third-order valence-corrected chi connectivity index (χ3v) is 5.63. The third kappa shape index (κ3) is 3.22. The van der Waals surface area contributed by atoms with Gasteiger partial charge in [0.1, 0.15) is 35.0 Å². The molecule has 0 radical (unpaired) electrons. The number of halogens is 1. The first-order valence-electron chi connectivity index (χ1n) is 10.1. The van der Waals surface area contributed by atoms with Crippen LogP contribution < -0.4 is 5.56 Å². The SMILES string of the molecule is COCCn1c(=O)c2c(-c3noc(C4CCC(C)(C)O4)n3)ncn2c2cccc(F)c21. The van der Waals surface area contributed by atoms with Crippen molar-refractivity contribution in [3.8, 4) is 11.5 Å². The van der Waals surface area contributed by atoms with Crippen LogP contribution in [0.2, 0.25) is 0 Å². The van der Waals surface area contributed by atoms with E-state index >= 15 is 0 Å². The monoisotopic (exact) mass is 427 g/mol. The molecule has 31 heavy (non-hydrogen) atoms. The van der Waals surface area contributed by atoms with Gasteiger partial charge >= 0.3 is 0 Å². The molecule has 5 rings (SSSR count). The van der Waals surface area contributed by atoms with Crippen LogP contribution in [0, 0.1) is 5.82 Å². The van der Waals surface area contributed by atoms with Crippen molar-refractivity contribution >= 4 is 16.6 Å². The quantitative estimate of drug-likeness (QED) is 0.483. The Morgan fingerprint density at radius 2 is 2.16 bits per heavy atom. The summed E-state index contributed by atoms with van der Waals surface area (Å²) in [6.45, 7) is 4.47. The number of rotatable bonds is 5. The summed E-state index contributed by atoms with van der Waals surface area (Å²) in [5.41, 5.74) is 0.555. The van der Waals surface area contributed by atoms with E-state index in [4.69, 9.17) is 14.0 Å². The van der Waals surface area contributed by atoms with Crippen LogP contribution in [-0.2, 0) is 16.0 Å². The molecule has 162 valence electrons. The van der Waals surface area contributed by atoms with Gasteiger partial charge in [-0.1, -0.05) is 11.2 Å². The summed E-state index contributed by atoms with van der Waals surface area (Å²) < 4.78 is 34.1. The summed E-state index contributed by atoms with van der Waals surface area (Å²) in [7, 11) is 1.53. The second kappa shape index (κ2) is 7.24. The Hall–Kier alpha value is -3.11. The highest BCUT2D eigenvalue weighted by Gasteiger charge is 2.36. The van der Waals surface area contributed by atoms with Gasteiger partial charge in [-0.25, -0.2) is 9.37 Å². The number of aromatic nitrogens is 5. The van der Waals surface area contributed by atoms with E-state index in [0.717, 1.165) is 12.8 Å². The summed E-state index contributed by atoms with van der Waals surface area (Å²) in [5.74, 6) is 0.0518. The van der Waals surface area contributed by atoms with Gasteiger partial charge in [-0.3, -0.25) is 9.20 Å². The molecule has 1 saturated heterocycles. The lowest BCUT2D eigenvalue weighted by molar-refractivity contribution is -0.0292. The lowest BCUT2D eigenvalue weighted by atomic mass is 10.1. The highest BCUT2D eigenvalue weighted by atomic mass is 19.1. The molecular formula is C21H22FN5O4. The van der Waals surface area contributed by atoms with E-state index in [1.165, 1.54) is 24.1 Å². The van der Waals surface area contributed by atoms with Gasteiger partial charge in [-0.2, -0.15) is 4.98 Å². The van der Waals surface area contributed by atoms with Crippen molar-refractivity contribution < 1.29 is 18.4 Å². The number of para-hydroxylation sites is 1. The minimum absolute atomic E-state index is 0.191. The maximum atomic E-state index is 14.7. The van der Waals surface area contributed by atoms with Gasteiger partial charge in [-0.15, -0.1) is 0 Å². The lowest BCUT2D eigenvalue weighted by Crippen LogP contribution is -2.25. The first-order chi connectivity index (χ1) is 14.9. The molecule has 10 heteroatoms. The van der Waals surface area contributed by atoms with Crippen molar-refractivity contribution in [3.63, 3.8) is 0 Å². The smallest absolute Gasteiger partial charge is 0.277 e. The molecule has 9 nitrogen and oxygen atoms in total.